The molecule has 1 nitrogen and oxygen atoms in total. The van der Waals surface area contributed by atoms with Gasteiger partial charge in [-0.05, 0) is 31.0 Å². The Morgan fingerprint density at radius 2 is 2.07 bits per heavy atom. The van der Waals surface area contributed by atoms with Gasteiger partial charge in [0.2, 0.25) is 0 Å². The van der Waals surface area contributed by atoms with E-state index in [9.17, 15) is 0 Å². The molecule has 0 saturated heterocycles. The maximum absolute atomic E-state index is 6.11. The van der Waals surface area contributed by atoms with Crippen molar-refractivity contribution in [3.05, 3.63) is 28.8 Å². The SMILES string of the molecule is CCC(C)N(C)c1ccc(CCl)c(Cl)c1. The lowest BCUT2D eigenvalue weighted by Gasteiger charge is -2.26. The minimum atomic E-state index is 0.464. The van der Waals surface area contributed by atoms with Crippen LogP contribution in [-0.4, -0.2) is 13.1 Å². The molecule has 0 aliphatic heterocycles. The summed E-state index contributed by atoms with van der Waals surface area (Å²) >= 11 is 11.9. The summed E-state index contributed by atoms with van der Waals surface area (Å²) in [6.07, 6.45) is 1.12. The lowest BCUT2D eigenvalue weighted by molar-refractivity contribution is 0.664. The van der Waals surface area contributed by atoms with E-state index in [0.29, 0.717) is 11.9 Å². The fourth-order valence-electron chi connectivity index (χ4n) is 1.39. The van der Waals surface area contributed by atoms with Gasteiger partial charge >= 0.3 is 0 Å². The highest BCUT2D eigenvalue weighted by Gasteiger charge is 2.09. The van der Waals surface area contributed by atoms with E-state index in [1.54, 1.807) is 0 Å². The zero-order chi connectivity index (χ0) is 11.4. The van der Waals surface area contributed by atoms with Crippen molar-refractivity contribution in [1.82, 2.24) is 0 Å². The second-order valence-corrected chi connectivity index (χ2v) is 4.45. The summed E-state index contributed by atoms with van der Waals surface area (Å²) in [5, 5.41) is 0.748. The Kier molecular flexibility index (Phi) is 4.75. The van der Waals surface area contributed by atoms with Crippen LogP contribution in [0.1, 0.15) is 25.8 Å². The van der Waals surface area contributed by atoms with Crippen molar-refractivity contribution in [3.63, 3.8) is 0 Å². The molecule has 84 valence electrons. The third kappa shape index (κ3) is 3.02. The van der Waals surface area contributed by atoms with Gasteiger partial charge in [-0.15, -0.1) is 11.6 Å². The van der Waals surface area contributed by atoms with Gasteiger partial charge in [0.1, 0.15) is 0 Å². The fourth-order valence-corrected chi connectivity index (χ4v) is 1.94. The first kappa shape index (κ1) is 12.7. The Bertz CT molecular complexity index is 325. The van der Waals surface area contributed by atoms with Gasteiger partial charge in [-0.1, -0.05) is 24.6 Å². The molecular weight excluding hydrogens is 229 g/mol. The summed E-state index contributed by atoms with van der Waals surface area (Å²) in [4.78, 5) is 2.23. The van der Waals surface area contributed by atoms with Crippen LogP contribution in [0.15, 0.2) is 18.2 Å². The van der Waals surface area contributed by atoms with E-state index in [-0.39, 0.29) is 0 Å². The predicted molar refractivity (Wildman–Crippen MR) is 69.2 cm³/mol. The Hall–Kier alpha value is -0.400. The van der Waals surface area contributed by atoms with Crippen molar-refractivity contribution in [2.75, 3.05) is 11.9 Å². The van der Waals surface area contributed by atoms with Crippen molar-refractivity contribution in [1.29, 1.82) is 0 Å². The van der Waals surface area contributed by atoms with Crippen molar-refractivity contribution < 1.29 is 0 Å². The highest BCUT2D eigenvalue weighted by molar-refractivity contribution is 6.32. The molecule has 0 N–H and O–H groups in total. The molecule has 3 heteroatoms. The van der Waals surface area contributed by atoms with Crippen molar-refractivity contribution in [2.24, 2.45) is 0 Å². The molecule has 0 saturated carbocycles. The minimum Gasteiger partial charge on any atom is -0.372 e. The predicted octanol–water partition coefficient (Wildman–Crippen LogP) is 4.31. The van der Waals surface area contributed by atoms with E-state index < -0.39 is 0 Å². The molecule has 0 bridgehead atoms. The summed E-state index contributed by atoms with van der Waals surface area (Å²) < 4.78 is 0. The van der Waals surface area contributed by atoms with Gasteiger partial charge in [0, 0.05) is 29.7 Å². The number of nitrogens with zero attached hydrogens (tertiary/aromatic N) is 1. The van der Waals surface area contributed by atoms with Crippen molar-refractivity contribution >= 4 is 28.9 Å². The van der Waals surface area contributed by atoms with E-state index in [4.69, 9.17) is 23.2 Å². The average Bonchev–Trinajstić information content (AvgIpc) is 2.26. The lowest BCUT2D eigenvalue weighted by Crippen LogP contribution is -2.27. The standard InChI is InChI=1S/C12H17Cl2N/c1-4-9(2)15(3)11-6-5-10(8-13)12(14)7-11/h5-7,9H,4,8H2,1-3H3. The number of benzene rings is 1. The second-order valence-electron chi connectivity index (χ2n) is 3.78. The van der Waals surface area contributed by atoms with Crippen LogP contribution in [0.5, 0.6) is 0 Å². The number of anilines is 1. The lowest BCUT2D eigenvalue weighted by atomic mass is 10.1. The van der Waals surface area contributed by atoms with E-state index in [1.165, 1.54) is 0 Å². The Labute approximate surface area is 102 Å². The van der Waals surface area contributed by atoms with E-state index in [1.807, 2.05) is 12.1 Å². The monoisotopic (exact) mass is 245 g/mol. The fraction of sp³-hybridized carbons (Fsp3) is 0.500. The molecule has 0 fully saturated rings. The quantitative estimate of drug-likeness (QED) is 0.715. The third-order valence-corrected chi connectivity index (χ3v) is 3.48. The third-order valence-electron chi connectivity index (χ3n) is 2.84. The highest BCUT2D eigenvalue weighted by Crippen LogP contribution is 2.25. The number of hydrogen-bond acceptors (Lipinski definition) is 1. The Balaban J connectivity index is 2.92. The van der Waals surface area contributed by atoms with Crippen LogP contribution in [0.4, 0.5) is 5.69 Å². The van der Waals surface area contributed by atoms with Gasteiger partial charge in [0.05, 0.1) is 0 Å². The van der Waals surface area contributed by atoms with Gasteiger partial charge < -0.3 is 4.90 Å². The molecule has 0 aliphatic carbocycles. The van der Waals surface area contributed by atoms with Gasteiger partial charge in [0.25, 0.3) is 0 Å². The number of halogens is 2. The van der Waals surface area contributed by atoms with Crippen LogP contribution < -0.4 is 4.90 Å². The maximum Gasteiger partial charge on any atom is 0.0488 e. The molecule has 0 aromatic heterocycles. The first-order chi connectivity index (χ1) is 7.10. The summed E-state index contributed by atoms with van der Waals surface area (Å²) in [7, 11) is 2.08. The van der Waals surface area contributed by atoms with E-state index in [2.05, 4.69) is 31.9 Å². The second kappa shape index (κ2) is 5.62. The van der Waals surface area contributed by atoms with Crippen LogP contribution in [0.25, 0.3) is 0 Å². The Morgan fingerprint density at radius 3 is 2.53 bits per heavy atom. The average molecular weight is 246 g/mol. The molecule has 1 rings (SSSR count). The number of alkyl halides is 1. The molecule has 15 heavy (non-hydrogen) atoms. The molecule has 1 unspecified atom stereocenters. The van der Waals surface area contributed by atoms with Gasteiger partial charge in [0.15, 0.2) is 0 Å². The normalized spacial score (nSPS) is 12.6. The zero-order valence-electron chi connectivity index (χ0n) is 9.43. The van der Waals surface area contributed by atoms with Crippen LogP contribution in [0.3, 0.4) is 0 Å². The molecule has 0 spiro atoms. The maximum atomic E-state index is 6.11. The topological polar surface area (TPSA) is 3.24 Å². The highest BCUT2D eigenvalue weighted by atomic mass is 35.5. The molecule has 1 aromatic rings. The molecule has 0 heterocycles. The molecule has 0 aliphatic rings. The van der Waals surface area contributed by atoms with Crippen LogP contribution in [-0.2, 0) is 5.88 Å². The minimum absolute atomic E-state index is 0.464. The molecular formula is C12H17Cl2N. The van der Waals surface area contributed by atoms with E-state index in [0.717, 1.165) is 22.7 Å². The first-order valence-electron chi connectivity index (χ1n) is 5.17. The Morgan fingerprint density at radius 1 is 1.40 bits per heavy atom. The van der Waals surface area contributed by atoms with Crippen LogP contribution >= 0.6 is 23.2 Å². The summed E-state index contributed by atoms with van der Waals surface area (Å²) in [6.45, 7) is 4.37. The van der Waals surface area contributed by atoms with Crippen molar-refractivity contribution in [2.45, 2.75) is 32.2 Å². The number of rotatable bonds is 4. The molecule has 1 aromatic carbocycles. The van der Waals surface area contributed by atoms with Gasteiger partial charge in [-0.3, -0.25) is 0 Å². The smallest absolute Gasteiger partial charge is 0.0488 e. The van der Waals surface area contributed by atoms with Crippen LogP contribution in [0, 0.1) is 0 Å². The molecule has 0 amide bonds. The first-order valence-corrected chi connectivity index (χ1v) is 6.08. The van der Waals surface area contributed by atoms with Crippen LogP contribution in [0.2, 0.25) is 5.02 Å². The summed E-state index contributed by atoms with van der Waals surface area (Å²) in [6, 6.07) is 6.55. The summed E-state index contributed by atoms with van der Waals surface area (Å²) in [5.41, 5.74) is 2.13. The summed E-state index contributed by atoms with van der Waals surface area (Å²) in [5.74, 6) is 0.464. The molecule has 0 radical (unpaired) electrons. The van der Waals surface area contributed by atoms with Gasteiger partial charge in [-0.2, -0.15) is 0 Å². The largest absolute Gasteiger partial charge is 0.372 e. The zero-order valence-corrected chi connectivity index (χ0v) is 10.9. The van der Waals surface area contributed by atoms with E-state index >= 15 is 0 Å². The number of hydrogen-bond donors (Lipinski definition) is 0. The van der Waals surface area contributed by atoms with Crippen molar-refractivity contribution in [3.8, 4) is 0 Å². The van der Waals surface area contributed by atoms with Gasteiger partial charge in [-0.25, -0.2) is 0 Å². The molecule has 1 atom stereocenters.